The number of aromatic nitrogens is 3. The summed E-state index contributed by atoms with van der Waals surface area (Å²) in [4.78, 5) is 33.1. The van der Waals surface area contributed by atoms with Gasteiger partial charge in [0.05, 0.1) is 29.4 Å². The maximum absolute atomic E-state index is 14.0. The van der Waals surface area contributed by atoms with Crippen molar-refractivity contribution in [1.29, 1.82) is 0 Å². The van der Waals surface area contributed by atoms with Gasteiger partial charge >= 0.3 is 6.09 Å². The highest BCUT2D eigenvalue weighted by molar-refractivity contribution is 9.10. The monoisotopic (exact) mass is 500 g/mol. The van der Waals surface area contributed by atoms with Gasteiger partial charge in [0.15, 0.2) is 0 Å². The number of carbonyl (C=O) groups is 2. The number of halogens is 2. The Kier molecular flexibility index (Phi) is 5.36. The molecule has 1 aliphatic carbocycles. The van der Waals surface area contributed by atoms with Gasteiger partial charge < -0.3 is 19.6 Å². The molecule has 2 N–H and O–H groups in total. The van der Waals surface area contributed by atoms with Gasteiger partial charge in [-0.3, -0.25) is 4.79 Å². The molecule has 1 unspecified atom stereocenters. The quantitative estimate of drug-likeness (QED) is 0.561. The Morgan fingerprint density at radius 1 is 1.38 bits per heavy atom. The number of methoxy groups -OCH3 is 1. The molecule has 166 valence electrons. The lowest BCUT2D eigenvalue weighted by Gasteiger charge is -2.31. The van der Waals surface area contributed by atoms with E-state index in [1.807, 2.05) is 6.20 Å². The van der Waals surface area contributed by atoms with Crippen LogP contribution in [0, 0.1) is 5.82 Å². The molecule has 0 saturated heterocycles. The zero-order valence-corrected chi connectivity index (χ0v) is 19.0. The number of H-pyrrole nitrogens is 1. The molecule has 7 nitrogen and oxygen atoms in total. The maximum atomic E-state index is 14.0. The molecule has 0 saturated carbocycles. The number of alkyl carbamates (subject to hydrolysis) is 1. The van der Waals surface area contributed by atoms with Crippen LogP contribution in [0.3, 0.4) is 0 Å². The van der Waals surface area contributed by atoms with Crippen molar-refractivity contribution < 1.29 is 18.7 Å². The molecular formula is C23H22BrFN4O3. The van der Waals surface area contributed by atoms with Crippen molar-refractivity contribution in [3.8, 4) is 11.3 Å². The van der Waals surface area contributed by atoms with Gasteiger partial charge in [-0.05, 0) is 52.5 Å². The number of hydrogen-bond donors (Lipinski definition) is 2. The second-order valence-electron chi connectivity index (χ2n) is 8.32. The first-order chi connectivity index (χ1) is 15.4. The fraction of sp³-hybridized carbons (Fsp3) is 0.348. The van der Waals surface area contributed by atoms with Crippen LogP contribution in [0.1, 0.15) is 41.8 Å². The summed E-state index contributed by atoms with van der Waals surface area (Å²) in [6.45, 7) is 0.601. The summed E-state index contributed by atoms with van der Waals surface area (Å²) in [5.41, 5.74) is 3.51. The Balaban J connectivity index is 1.45. The molecule has 5 rings (SSSR count). The highest BCUT2D eigenvalue weighted by Crippen LogP contribution is 2.40. The number of benzene rings is 1. The van der Waals surface area contributed by atoms with Crippen molar-refractivity contribution in [2.45, 2.75) is 43.7 Å². The van der Waals surface area contributed by atoms with Crippen LogP contribution in [-0.4, -0.2) is 39.6 Å². The molecule has 2 aliphatic rings. The van der Waals surface area contributed by atoms with E-state index in [1.54, 1.807) is 18.3 Å². The first-order valence-electron chi connectivity index (χ1n) is 10.5. The first-order valence-corrected chi connectivity index (χ1v) is 11.3. The predicted molar refractivity (Wildman–Crippen MR) is 119 cm³/mol. The average Bonchev–Trinajstić information content (AvgIpc) is 3.39. The van der Waals surface area contributed by atoms with Gasteiger partial charge in [0.2, 0.25) is 0 Å². The lowest BCUT2D eigenvalue weighted by Crippen LogP contribution is -2.44. The molecule has 0 radical (unpaired) electrons. The third-order valence-corrected chi connectivity index (χ3v) is 7.07. The van der Waals surface area contributed by atoms with Crippen LogP contribution in [0.5, 0.6) is 0 Å². The Labute approximate surface area is 192 Å². The minimum Gasteiger partial charge on any atom is -0.453 e. The SMILES string of the molecule is COC(=O)N[C@H]1CCc2ccn3c2C1C(=O)C[C@H](c1ncc(-c2ccc(Br)c(F)c2)[nH]1)C3. The molecular weight excluding hydrogens is 479 g/mol. The van der Waals surface area contributed by atoms with Crippen molar-refractivity contribution in [3.05, 3.63) is 64.0 Å². The molecule has 2 aromatic heterocycles. The number of ether oxygens (including phenoxy) is 1. The van der Waals surface area contributed by atoms with Crippen molar-refractivity contribution >= 4 is 27.8 Å². The number of aromatic amines is 1. The van der Waals surface area contributed by atoms with Gasteiger partial charge in [-0.2, -0.15) is 0 Å². The summed E-state index contributed by atoms with van der Waals surface area (Å²) in [6.07, 6.45) is 4.94. The molecule has 0 spiro atoms. The van der Waals surface area contributed by atoms with E-state index in [2.05, 4.69) is 41.8 Å². The third kappa shape index (κ3) is 3.64. The van der Waals surface area contributed by atoms with Gasteiger partial charge in [-0.15, -0.1) is 0 Å². The van der Waals surface area contributed by atoms with Gasteiger partial charge in [0.1, 0.15) is 17.4 Å². The van der Waals surface area contributed by atoms with Gasteiger partial charge in [0.25, 0.3) is 0 Å². The second kappa shape index (κ2) is 8.20. The second-order valence-corrected chi connectivity index (χ2v) is 9.17. The number of aryl methyl sites for hydroxylation is 1. The molecule has 3 heterocycles. The number of nitrogens with one attached hydrogen (secondary N) is 2. The van der Waals surface area contributed by atoms with E-state index in [4.69, 9.17) is 4.74 Å². The highest BCUT2D eigenvalue weighted by Gasteiger charge is 2.41. The molecule has 0 fully saturated rings. The molecule has 3 aromatic rings. The van der Waals surface area contributed by atoms with Crippen molar-refractivity contribution in [1.82, 2.24) is 19.9 Å². The minimum absolute atomic E-state index is 0.0717. The lowest BCUT2D eigenvalue weighted by atomic mass is 9.79. The van der Waals surface area contributed by atoms with E-state index < -0.39 is 12.0 Å². The zero-order valence-electron chi connectivity index (χ0n) is 17.4. The molecule has 9 heteroatoms. The summed E-state index contributed by atoms with van der Waals surface area (Å²) in [5, 5.41) is 2.85. The molecule has 1 aliphatic heterocycles. The van der Waals surface area contributed by atoms with Crippen LogP contribution in [0.15, 0.2) is 41.1 Å². The van der Waals surface area contributed by atoms with E-state index in [-0.39, 0.29) is 23.6 Å². The van der Waals surface area contributed by atoms with Gasteiger partial charge in [0, 0.05) is 42.4 Å². The predicted octanol–water partition coefficient (Wildman–Crippen LogP) is 4.29. The van der Waals surface area contributed by atoms with Gasteiger partial charge in [-0.25, -0.2) is 14.2 Å². The van der Waals surface area contributed by atoms with Crippen LogP contribution in [0.4, 0.5) is 9.18 Å². The highest BCUT2D eigenvalue weighted by atomic mass is 79.9. The molecule has 32 heavy (non-hydrogen) atoms. The van der Waals surface area contributed by atoms with E-state index in [0.717, 1.165) is 17.7 Å². The van der Waals surface area contributed by atoms with E-state index in [0.29, 0.717) is 40.9 Å². The van der Waals surface area contributed by atoms with Crippen molar-refractivity contribution in [2.24, 2.45) is 0 Å². The summed E-state index contributed by atoms with van der Waals surface area (Å²) >= 11 is 3.17. The lowest BCUT2D eigenvalue weighted by molar-refractivity contribution is -0.121. The standard InChI is InChI=1S/C23H22BrFN4O3/c1-32-23(31)28-17-5-3-12-6-7-29-11-14(9-19(30)20(17)21(12)29)22-26-10-18(27-22)13-2-4-15(24)16(25)8-13/h2,4,6-8,10,14,17,20H,3,5,9,11H2,1H3,(H,26,27)(H,28,31)/t14-,17-,20?/m0/s1. The number of Topliss-reactive ketones (excluding diaryl/α,β-unsaturated/α-hetero) is 1. The molecule has 3 atom stereocenters. The maximum Gasteiger partial charge on any atom is 0.407 e. The normalized spacial score (nSPS) is 22.2. The van der Waals surface area contributed by atoms with Gasteiger partial charge in [-0.1, -0.05) is 6.07 Å². The summed E-state index contributed by atoms with van der Waals surface area (Å²) in [6, 6.07) is 6.67. The smallest absolute Gasteiger partial charge is 0.407 e. The Hall–Kier alpha value is -2.94. The Bertz CT molecular complexity index is 1200. The van der Waals surface area contributed by atoms with Crippen LogP contribution in [0.2, 0.25) is 0 Å². The molecule has 1 aromatic carbocycles. The van der Waals surface area contributed by atoms with Crippen molar-refractivity contribution in [3.63, 3.8) is 0 Å². The number of hydrogen-bond acceptors (Lipinski definition) is 4. The fourth-order valence-electron chi connectivity index (χ4n) is 4.90. The van der Waals surface area contributed by atoms with Crippen LogP contribution >= 0.6 is 15.9 Å². The molecule has 0 bridgehead atoms. The number of ketones is 1. The number of carbonyl (C=O) groups excluding carboxylic acids is 2. The fourth-order valence-corrected chi connectivity index (χ4v) is 5.15. The van der Waals surface area contributed by atoms with Crippen LogP contribution < -0.4 is 5.32 Å². The number of amides is 1. The largest absolute Gasteiger partial charge is 0.453 e. The summed E-state index contributed by atoms with van der Waals surface area (Å²) < 4.78 is 21.3. The Morgan fingerprint density at radius 2 is 2.22 bits per heavy atom. The zero-order chi connectivity index (χ0) is 22.4. The Morgan fingerprint density at radius 3 is 3.00 bits per heavy atom. The van der Waals surface area contributed by atoms with Crippen molar-refractivity contribution in [2.75, 3.05) is 7.11 Å². The topological polar surface area (TPSA) is 89.0 Å². The summed E-state index contributed by atoms with van der Waals surface area (Å²) in [7, 11) is 1.32. The van der Waals surface area contributed by atoms with E-state index >= 15 is 0 Å². The first kappa shape index (κ1) is 20.9. The summed E-state index contributed by atoms with van der Waals surface area (Å²) in [5.74, 6) is -0.152. The minimum atomic E-state index is -0.525. The average molecular weight is 501 g/mol. The van der Waals surface area contributed by atoms with Crippen LogP contribution in [0.25, 0.3) is 11.3 Å². The molecule has 1 amide bonds. The van der Waals surface area contributed by atoms with E-state index in [9.17, 15) is 14.0 Å². The van der Waals surface area contributed by atoms with Crippen LogP contribution in [-0.2, 0) is 22.5 Å². The van der Waals surface area contributed by atoms with E-state index in [1.165, 1.54) is 13.2 Å². The number of imidazole rings is 1. The number of rotatable bonds is 3. The third-order valence-electron chi connectivity index (χ3n) is 6.43. The number of nitrogens with zero attached hydrogens (tertiary/aromatic N) is 2.